The number of benzene rings is 1. The van der Waals surface area contributed by atoms with Gasteiger partial charge in [0.1, 0.15) is 5.82 Å². The van der Waals surface area contributed by atoms with Crippen molar-refractivity contribution in [2.75, 3.05) is 11.1 Å². The summed E-state index contributed by atoms with van der Waals surface area (Å²) in [5.41, 5.74) is 8.66. The molecule has 0 fully saturated rings. The Labute approximate surface area is 127 Å². The maximum atomic E-state index is 12.4. The van der Waals surface area contributed by atoms with Crippen molar-refractivity contribution < 1.29 is 4.79 Å². The van der Waals surface area contributed by atoms with E-state index in [4.69, 9.17) is 5.73 Å². The van der Waals surface area contributed by atoms with Crippen LogP contribution >= 0.6 is 0 Å². The highest BCUT2D eigenvalue weighted by atomic mass is 16.1. The largest absolute Gasteiger partial charge is 0.383 e. The van der Waals surface area contributed by atoms with Gasteiger partial charge in [0, 0.05) is 29.8 Å². The molecule has 1 aromatic carbocycles. The van der Waals surface area contributed by atoms with Gasteiger partial charge in [-0.1, -0.05) is 30.3 Å². The van der Waals surface area contributed by atoms with E-state index in [0.717, 1.165) is 11.1 Å². The number of amides is 1. The van der Waals surface area contributed by atoms with Crippen LogP contribution in [-0.2, 0) is 0 Å². The Kier molecular flexibility index (Phi) is 3.78. The van der Waals surface area contributed by atoms with Gasteiger partial charge in [-0.25, -0.2) is 4.98 Å². The summed E-state index contributed by atoms with van der Waals surface area (Å²) >= 11 is 0. The zero-order valence-corrected chi connectivity index (χ0v) is 11.7. The maximum absolute atomic E-state index is 12.4. The zero-order chi connectivity index (χ0) is 15.4. The number of hydrogen-bond acceptors (Lipinski definition) is 4. The average molecular weight is 290 g/mol. The molecular formula is C17H14N4O. The number of hydrogen-bond donors (Lipinski definition) is 2. The van der Waals surface area contributed by atoms with E-state index in [9.17, 15) is 4.79 Å². The Morgan fingerprint density at radius 2 is 1.73 bits per heavy atom. The third kappa shape index (κ3) is 2.93. The van der Waals surface area contributed by atoms with Crippen LogP contribution in [0.3, 0.4) is 0 Å². The summed E-state index contributed by atoms with van der Waals surface area (Å²) in [7, 11) is 0. The smallest absolute Gasteiger partial charge is 0.259 e. The van der Waals surface area contributed by atoms with Crippen LogP contribution in [0, 0.1) is 0 Å². The molecule has 0 saturated heterocycles. The maximum Gasteiger partial charge on any atom is 0.259 e. The fraction of sp³-hybridized carbons (Fsp3) is 0. The Morgan fingerprint density at radius 3 is 2.45 bits per heavy atom. The predicted octanol–water partition coefficient (Wildman–Crippen LogP) is 2.98. The second kappa shape index (κ2) is 6.05. The Bertz CT molecular complexity index is 788. The molecule has 2 heterocycles. The SMILES string of the molecule is Nc1ncc(-c2ccccc2)cc1C(=O)Nc1ccncc1. The molecule has 3 rings (SSSR count). The molecule has 0 saturated carbocycles. The van der Waals surface area contributed by atoms with Crippen molar-refractivity contribution in [2.45, 2.75) is 0 Å². The number of pyridine rings is 2. The second-order valence-electron chi connectivity index (χ2n) is 4.71. The zero-order valence-electron chi connectivity index (χ0n) is 11.7. The predicted molar refractivity (Wildman–Crippen MR) is 86.3 cm³/mol. The first-order valence-electron chi connectivity index (χ1n) is 6.76. The average Bonchev–Trinajstić information content (AvgIpc) is 2.57. The summed E-state index contributed by atoms with van der Waals surface area (Å²) in [5, 5.41) is 2.78. The van der Waals surface area contributed by atoms with Gasteiger partial charge in [-0.15, -0.1) is 0 Å². The highest BCUT2D eigenvalue weighted by Crippen LogP contribution is 2.22. The number of carbonyl (C=O) groups is 1. The normalized spacial score (nSPS) is 10.2. The lowest BCUT2D eigenvalue weighted by Crippen LogP contribution is -2.15. The van der Waals surface area contributed by atoms with Crippen LogP contribution in [0.1, 0.15) is 10.4 Å². The molecule has 0 aliphatic rings. The third-order valence-electron chi connectivity index (χ3n) is 3.21. The minimum absolute atomic E-state index is 0.200. The van der Waals surface area contributed by atoms with Gasteiger partial charge in [0.15, 0.2) is 0 Å². The van der Waals surface area contributed by atoms with Gasteiger partial charge in [0.05, 0.1) is 5.56 Å². The highest BCUT2D eigenvalue weighted by Gasteiger charge is 2.12. The quantitative estimate of drug-likeness (QED) is 0.777. The van der Waals surface area contributed by atoms with E-state index in [-0.39, 0.29) is 11.7 Å². The molecule has 0 radical (unpaired) electrons. The number of anilines is 2. The van der Waals surface area contributed by atoms with Crippen molar-refractivity contribution in [2.24, 2.45) is 0 Å². The summed E-state index contributed by atoms with van der Waals surface area (Å²) in [6, 6.07) is 14.9. The molecule has 0 atom stereocenters. The first-order chi connectivity index (χ1) is 10.7. The monoisotopic (exact) mass is 290 g/mol. The van der Waals surface area contributed by atoms with Gasteiger partial charge in [0.2, 0.25) is 0 Å². The number of aromatic nitrogens is 2. The van der Waals surface area contributed by atoms with E-state index in [1.807, 2.05) is 30.3 Å². The van der Waals surface area contributed by atoms with Crippen molar-refractivity contribution in [3.8, 4) is 11.1 Å². The highest BCUT2D eigenvalue weighted by molar-refractivity contribution is 6.07. The van der Waals surface area contributed by atoms with Crippen molar-refractivity contribution in [3.63, 3.8) is 0 Å². The number of nitrogens with one attached hydrogen (secondary N) is 1. The van der Waals surface area contributed by atoms with Gasteiger partial charge in [0.25, 0.3) is 5.91 Å². The molecule has 3 N–H and O–H groups in total. The van der Waals surface area contributed by atoms with E-state index in [1.54, 1.807) is 36.8 Å². The summed E-state index contributed by atoms with van der Waals surface area (Å²) in [6.45, 7) is 0. The fourth-order valence-corrected chi connectivity index (χ4v) is 2.08. The molecule has 108 valence electrons. The summed E-state index contributed by atoms with van der Waals surface area (Å²) in [4.78, 5) is 20.4. The molecule has 0 aliphatic carbocycles. The van der Waals surface area contributed by atoms with Gasteiger partial charge in [-0.05, 0) is 23.8 Å². The van der Waals surface area contributed by atoms with Crippen molar-refractivity contribution >= 4 is 17.4 Å². The van der Waals surface area contributed by atoms with E-state index in [1.165, 1.54) is 0 Å². The van der Waals surface area contributed by atoms with E-state index in [0.29, 0.717) is 11.3 Å². The minimum Gasteiger partial charge on any atom is -0.383 e. The lowest BCUT2D eigenvalue weighted by molar-refractivity contribution is 0.102. The van der Waals surface area contributed by atoms with E-state index in [2.05, 4.69) is 15.3 Å². The molecule has 22 heavy (non-hydrogen) atoms. The van der Waals surface area contributed by atoms with Gasteiger partial charge in [-0.3, -0.25) is 9.78 Å². The molecule has 3 aromatic rings. The third-order valence-corrected chi connectivity index (χ3v) is 3.21. The molecule has 1 amide bonds. The Hall–Kier alpha value is -3.21. The van der Waals surface area contributed by atoms with Crippen molar-refractivity contribution in [1.82, 2.24) is 9.97 Å². The first kappa shape index (κ1) is 13.8. The number of rotatable bonds is 3. The number of nitrogens with two attached hydrogens (primary N) is 1. The number of carbonyl (C=O) groups excluding carboxylic acids is 1. The molecule has 5 nitrogen and oxygen atoms in total. The van der Waals surface area contributed by atoms with Crippen molar-refractivity contribution in [1.29, 1.82) is 0 Å². The van der Waals surface area contributed by atoms with E-state index >= 15 is 0 Å². The summed E-state index contributed by atoms with van der Waals surface area (Å²) in [6.07, 6.45) is 4.88. The van der Waals surface area contributed by atoms with Gasteiger partial charge in [-0.2, -0.15) is 0 Å². The lowest BCUT2D eigenvalue weighted by atomic mass is 10.1. The van der Waals surface area contributed by atoms with Crippen LogP contribution in [-0.4, -0.2) is 15.9 Å². The summed E-state index contributed by atoms with van der Waals surface area (Å²) in [5.74, 6) is -0.0970. The van der Waals surface area contributed by atoms with Crippen LogP contribution in [0.25, 0.3) is 11.1 Å². The minimum atomic E-state index is -0.297. The Morgan fingerprint density at radius 1 is 1.00 bits per heavy atom. The lowest BCUT2D eigenvalue weighted by Gasteiger charge is -2.09. The fourth-order valence-electron chi connectivity index (χ4n) is 2.08. The van der Waals surface area contributed by atoms with Crippen molar-refractivity contribution in [3.05, 3.63) is 72.7 Å². The van der Waals surface area contributed by atoms with Gasteiger partial charge >= 0.3 is 0 Å². The van der Waals surface area contributed by atoms with Crippen LogP contribution < -0.4 is 11.1 Å². The molecular weight excluding hydrogens is 276 g/mol. The molecule has 2 aromatic heterocycles. The second-order valence-corrected chi connectivity index (χ2v) is 4.71. The van der Waals surface area contributed by atoms with Crippen LogP contribution in [0.15, 0.2) is 67.1 Å². The first-order valence-corrected chi connectivity index (χ1v) is 6.76. The number of nitrogen functional groups attached to an aromatic ring is 1. The topological polar surface area (TPSA) is 80.9 Å². The molecule has 0 unspecified atom stereocenters. The number of nitrogens with zero attached hydrogens (tertiary/aromatic N) is 2. The standard InChI is InChI=1S/C17H14N4O/c18-16-15(17(22)21-14-6-8-19-9-7-14)10-13(11-20-16)12-4-2-1-3-5-12/h1-11H,(H2,18,20)(H,19,21,22). The van der Waals surface area contributed by atoms with Crippen LogP contribution in [0.2, 0.25) is 0 Å². The molecule has 0 spiro atoms. The van der Waals surface area contributed by atoms with Crippen LogP contribution in [0.4, 0.5) is 11.5 Å². The van der Waals surface area contributed by atoms with Crippen LogP contribution in [0.5, 0.6) is 0 Å². The van der Waals surface area contributed by atoms with E-state index < -0.39 is 0 Å². The Balaban J connectivity index is 1.91. The molecule has 5 heteroatoms. The van der Waals surface area contributed by atoms with Gasteiger partial charge < -0.3 is 11.1 Å². The molecule has 0 aliphatic heterocycles. The molecule has 0 bridgehead atoms. The summed E-state index contributed by atoms with van der Waals surface area (Å²) < 4.78 is 0.